The zero-order chi connectivity index (χ0) is 12.4. The number of aromatic nitrogens is 1. The molecule has 0 amide bonds. The van der Waals surface area contributed by atoms with Crippen LogP contribution in [0.25, 0.3) is 0 Å². The van der Waals surface area contributed by atoms with Crippen LogP contribution in [0.1, 0.15) is 32.7 Å². The maximum absolute atomic E-state index is 12.2. The Hall–Kier alpha value is -1.29. The summed E-state index contributed by atoms with van der Waals surface area (Å²) >= 11 is 0. The minimum absolute atomic E-state index is 0.0490. The largest absolute Gasteiger partial charge is 0.379 e. The monoisotopic (exact) mass is 236 g/mol. The van der Waals surface area contributed by atoms with Crippen LogP contribution in [0.3, 0.4) is 0 Å². The molecule has 0 aromatic carbocycles. The molecule has 1 aliphatic carbocycles. The molecule has 4 nitrogen and oxygen atoms in total. The van der Waals surface area contributed by atoms with Crippen molar-refractivity contribution < 1.29 is 4.74 Å². The second kappa shape index (κ2) is 4.92. The van der Waals surface area contributed by atoms with Crippen LogP contribution in [0, 0.1) is 0 Å². The van der Waals surface area contributed by atoms with Gasteiger partial charge in [-0.2, -0.15) is 0 Å². The highest BCUT2D eigenvalue weighted by atomic mass is 16.5. The van der Waals surface area contributed by atoms with Crippen molar-refractivity contribution in [1.29, 1.82) is 0 Å². The molecule has 1 aromatic rings. The molecular weight excluding hydrogens is 216 g/mol. The van der Waals surface area contributed by atoms with Crippen LogP contribution in [0.4, 0.5) is 5.69 Å². The van der Waals surface area contributed by atoms with E-state index < -0.39 is 0 Å². The second-order valence-electron chi connectivity index (χ2n) is 4.85. The van der Waals surface area contributed by atoms with Gasteiger partial charge in [-0.15, -0.1) is 0 Å². The van der Waals surface area contributed by atoms with Gasteiger partial charge in [0.2, 0.25) is 0 Å². The molecule has 1 saturated carbocycles. The maximum atomic E-state index is 12.2. The minimum Gasteiger partial charge on any atom is -0.379 e. The predicted octanol–water partition coefficient (Wildman–Crippen LogP) is 2.02. The fraction of sp³-hybridized carbons (Fsp3) is 0.615. The first-order valence-electron chi connectivity index (χ1n) is 6.14. The van der Waals surface area contributed by atoms with Gasteiger partial charge in [0.25, 0.3) is 5.56 Å². The Balaban J connectivity index is 2.26. The minimum atomic E-state index is 0.0490. The molecule has 0 bridgehead atoms. The van der Waals surface area contributed by atoms with E-state index in [1.54, 1.807) is 11.7 Å². The summed E-state index contributed by atoms with van der Waals surface area (Å²) in [6.45, 7) is 4.05. The van der Waals surface area contributed by atoms with Gasteiger partial charge >= 0.3 is 0 Å². The summed E-state index contributed by atoms with van der Waals surface area (Å²) in [4.78, 5) is 12.2. The summed E-state index contributed by atoms with van der Waals surface area (Å²) < 4.78 is 7.14. The molecule has 1 fully saturated rings. The van der Waals surface area contributed by atoms with Crippen molar-refractivity contribution in [2.24, 2.45) is 0 Å². The standard InChI is InChI=1S/C13H20N2O2/c1-9(2)14-10-5-4-8-15(13(10)16)11-6-7-12(11)17-3/h4-5,8-9,11-12,14H,6-7H2,1-3H3/t11-,12-/m1/s1. The Morgan fingerprint density at radius 1 is 1.47 bits per heavy atom. The van der Waals surface area contributed by atoms with E-state index in [-0.39, 0.29) is 23.7 Å². The van der Waals surface area contributed by atoms with Crippen molar-refractivity contribution in [2.75, 3.05) is 12.4 Å². The van der Waals surface area contributed by atoms with Crippen LogP contribution in [-0.4, -0.2) is 23.8 Å². The van der Waals surface area contributed by atoms with Gasteiger partial charge in [0.05, 0.1) is 12.1 Å². The van der Waals surface area contributed by atoms with Crippen LogP contribution < -0.4 is 10.9 Å². The molecule has 1 aromatic heterocycles. The van der Waals surface area contributed by atoms with Crippen LogP contribution in [-0.2, 0) is 4.74 Å². The van der Waals surface area contributed by atoms with Crippen LogP contribution in [0.2, 0.25) is 0 Å². The number of nitrogens with one attached hydrogen (secondary N) is 1. The molecule has 0 unspecified atom stereocenters. The van der Waals surface area contributed by atoms with Crippen molar-refractivity contribution in [1.82, 2.24) is 4.57 Å². The van der Waals surface area contributed by atoms with E-state index in [0.717, 1.165) is 12.8 Å². The lowest BCUT2D eigenvalue weighted by Gasteiger charge is -2.36. The fourth-order valence-corrected chi connectivity index (χ4v) is 2.24. The molecule has 2 rings (SSSR count). The molecule has 1 heterocycles. The molecule has 0 spiro atoms. The van der Waals surface area contributed by atoms with Gasteiger partial charge in [-0.05, 0) is 38.8 Å². The summed E-state index contributed by atoms with van der Waals surface area (Å²) in [5.41, 5.74) is 0.720. The van der Waals surface area contributed by atoms with E-state index in [0.29, 0.717) is 5.69 Å². The van der Waals surface area contributed by atoms with Crippen molar-refractivity contribution in [3.05, 3.63) is 28.7 Å². The van der Waals surface area contributed by atoms with Gasteiger partial charge in [-0.1, -0.05) is 0 Å². The van der Waals surface area contributed by atoms with E-state index in [9.17, 15) is 4.79 Å². The Bertz CT molecular complexity index is 437. The lowest BCUT2D eigenvalue weighted by Crippen LogP contribution is -2.41. The molecular formula is C13H20N2O2. The summed E-state index contributed by atoms with van der Waals surface area (Å²) in [7, 11) is 1.71. The molecule has 0 aliphatic heterocycles. The number of methoxy groups -OCH3 is 1. The van der Waals surface area contributed by atoms with Crippen LogP contribution >= 0.6 is 0 Å². The first-order chi connectivity index (χ1) is 8.13. The van der Waals surface area contributed by atoms with Gasteiger partial charge in [-0.3, -0.25) is 4.79 Å². The van der Waals surface area contributed by atoms with Crippen LogP contribution in [0.5, 0.6) is 0 Å². The number of anilines is 1. The average molecular weight is 236 g/mol. The lowest BCUT2D eigenvalue weighted by molar-refractivity contribution is -0.0103. The smallest absolute Gasteiger partial charge is 0.274 e. The van der Waals surface area contributed by atoms with E-state index in [1.807, 2.05) is 32.2 Å². The Labute approximate surface area is 102 Å². The van der Waals surface area contributed by atoms with Crippen LogP contribution in [0.15, 0.2) is 23.1 Å². The van der Waals surface area contributed by atoms with Gasteiger partial charge in [-0.25, -0.2) is 0 Å². The summed E-state index contributed by atoms with van der Waals surface area (Å²) in [5, 5.41) is 3.18. The topological polar surface area (TPSA) is 43.3 Å². The number of rotatable bonds is 4. The van der Waals surface area contributed by atoms with E-state index in [1.165, 1.54) is 0 Å². The molecule has 1 aliphatic rings. The third-order valence-electron chi connectivity index (χ3n) is 3.25. The summed E-state index contributed by atoms with van der Waals surface area (Å²) in [6, 6.07) is 4.20. The highest BCUT2D eigenvalue weighted by Gasteiger charge is 2.33. The predicted molar refractivity (Wildman–Crippen MR) is 68.5 cm³/mol. The van der Waals surface area contributed by atoms with Crippen molar-refractivity contribution in [2.45, 2.75) is 44.9 Å². The quantitative estimate of drug-likeness (QED) is 0.869. The van der Waals surface area contributed by atoms with Crippen molar-refractivity contribution >= 4 is 5.69 Å². The number of hydrogen-bond donors (Lipinski definition) is 1. The molecule has 1 N–H and O–H groups in total. The van der Waals surface area contributed by atoms with Crippen molar-refractivity contribution in [3.8, 4) is 0 Å². The van der Waals surface area contributed by atoms with Gasteiger partial charge in [0, 0.05) is 19.3 Å². The maximum Gasteiger partial charge on any atom is 0.274 e. The number of nitrogens with zero attached hydrogens (tertiary/aromatic N) is 1. The summed E-state index contributed by atoms with van der Waals surface area (Å²) in [5.74, 6) is 0. The van der Waals surface area contributed by atoms with E-state index in [4.69, 9.17) is 4.74 Å². The Morgan fingerprint density at radius 2 is 2.24 bits per heavy atom. The molecule has 17 heavy (non-hydrogen) atoms. The van der Waals surface area contributed by atoms with Gasteiger partial charge in [0.1, 0.15) is 5.69 Å². The highest BCUT2D eigenvalue weighted by molar-refractivity contribution is 5.41. The first-order valence-corrected chi connectivity index (χ1v) is 6.14. The third kappa shape index (κ3) is 2.36. The normalized spacial score (nSPS) is 23.5. The molecule has 0 radical (unpaired) electrons. The lowest BCUT2D eigenvalue weighted by atomic mass is 9.88. The Morgan fingerprint density at radius 3 is 2.76 bits per heavy atom. The van der Waals surface area contributed by atoms with Crippen molar-refractivity contribution in [3.63, 3.8) is 0 Å². The average Bonchev–Trinajstić information content (AvgIpc) is 2.22. The SMILES string of the molecule is CO[C@@H]1CC[C@H]1n1cccc(NC(C)C)c1=O. The molecule has 4 heteroatoms. The van der Waals surface area contributed by atoms with E-state index >= 15 is 0 Å². The second-order valence-corrected chi connectivity index (χ2v) is 4.85. The summed E-state index contributed by atoms with van der Waals surface area (Å²) in [6.07, 6.45) is 4.09. The number of pyridine rings is 1. The third-order valence-corrected chi connectivity index (χ3v) is 3.25. The zero-order valence-corrected chi connectivity index (χ0v) is 10.6. The first kappa shape index (κ1) is 12.2. The molecule has 2 atom stereocenters. The number of hydrogen-bond acceptors (Lipinski definition) is 3. The van der Waals surface area contributed by atoms with Gasteiger partial charge in [0.15, 0.2) is 0 Å². The molecule has 94 valence electrons. The highest BCUT2D eigenvalue weighted by Crippen LogP contribution is 2.33. The Kier molecular flexibility index (Phi) is 3.52. The molecule has 0 saturated heterocycles. The van der Waals surface area contributed by atoms with Gasteiger partial charge < -0.3 is 14.6 Å². The number of ether oxygens (including phenoxy) is 1. The van der Waals surface area contributed by atoms with E-state index in [2.05, 4.69) is 5.32 Å². The fourth-order valence-electron chi connectivity index (χ4n) is 2.24. The zero-order valence-electron chi connectivity index (χ0n) is 10.6.